The molecule has 0 spiro atoms. The minimum Gasteiger partial charge on any atom is -0.495 e. The van der Waals surface area contributed by atoms with Crippen molar-refractivity contribution < 1.29 is 17.9 Å². The number of rotatable bonds is 5. The molecule has 0 aliphatic carbocycles. The number of sulfonamides is 1. The third kappa shape index (κ3) is 4.05. The van der Waals surface area contributed by atoms with Gasteiger partial charge in [-0.05, 0) is 39.0 Å². The Kier molecular flexibility index (Phi) is 4.94. The highest BCUT2D eigenvalue weighted by Crippen LogP contribution is 2.26. The Labute approximate surface area is 120 Å². The highest BCUT2D eigenvalue weighted by molar-refractivity contribution is 7.89. The van der Waals surface area contributed by atoms with Crippen molar-refractivity contribution >= 4 is 15.8 Å². The van der Waals surface area contributed by atoms with E-state index in [1.807, 2.05) is 0 Å². The van der Waals surface area contributed by atoms with Gasteiger partial charge < -0.3 is 4.74 Å². The number of nitrogens with one attached hydrogen (secondary N) is 1. The summed E-state index contributed by atoms with van der Waals surface area (Å²) in [7, 11) is -2.36. The molecule has 1 N–H and O–H groups in total. The first-order valence-corrected chi connectivity index (χ1v) is 7.84. The van der Waals surface area contributed by atoms with E-state index in [2.05, 4.69) is 4.72 Å². The molecule has 0 aromatic heterocycles. The van der Waals surface area contributed by atoms with E-state index in [1.165, 1.54) is 19.2 Å². The molecule has 112 valence electrons. The lowest BCUT2D eigenvalue weighted by atomic mass is 10.1. The molecule has 0 saturated heterocycles. The predicted molar refractivity (Wildman–Crippen MR) is 77.7 cm³/mol. The van der Waals surface area contributed by atoms with Gasteiger partial charge in [0, 0.05) is 17.5 Å². The van der Waals surface area contributed by atoms with E-state index >= 15 is 0 Å². The molecular formula is C14H21NO4S. The van der Waals surface area contributed by atoms with Crippen molar-refractivity contribution in [2.75, 3.05) is 7.11 Å². The molecule has 0 unspecified atom stereocenters. The van der Waals surface area contributed by atoms with Crippen molar-refractivity contribution in [3.8, 4) is 5.75 Å². The van der Waals surface area contributed by atoms with Crippen LogP contribution in [-0.2, 0) is 10.0 Å². The van der Waals surface area contributed by atoms with Gasteiger partial charge in [-0.1, -0.05) is 6.92 Å². The van der Waals surface area contributed by atoms with Crippen LogP contribution in [0.3, 0.4) is 0 Å². The number of carbonyl (C=O) groups is 1. The van der Waals surface area contributed by atoms with Gasteiger partial charge in [0.1, 0.15) is 10.6 Å². The van der Waals surface area contributed by atoms with Gasteiger partial charge in [0.05, 0.1) is 7.11 Å². The molecule has 6 heteroatoms. The fourth-order valence-electron chi connectivity index (χ4n) is 1.72. The summed E-state index contributed by atoms with van der Waals surface area (Å²) in [5.41, 5.74) is -0.253. The Bertz CT molecular complexity index is 600. The summed E-state index contributed by atoms with van der Waals surface area (Å²) >= 11 is 0. The zero-order valence-corrected chi connectivity index (χ0v) is 13.3. The third-order valence-corrected chi connectivity index (χ3v) is 4.32. The van der Waals surface area contributed by atoms with Crippen LogP contribution in [0.4, 0.5) is 0 Å². The van der Waals surface area contributed by atoms with E-state index in [0.29, 0.717) is 12.0 Å². The van der Waals surface area contributed by atoms with Crippen molar-refractivity contribution in [3.05, 3.63) is 23.8 Å². The van der Waals surface area contributed by atoms with Crippen LogP contribution in [0.5, 0.6) is 5.75 Å². The molecule has 0 bridgehead atoms. The summed E-state index contributed by atoms with van der Waals surface area (Å²) in [4.78, 5) is 11.7. The van der Waals surface area contributed by atoms with Gasteiger partial charge in [-0.25, -0.2) is 13.1 Å². The smallest absolute Gasteiger partial charge is 0.244 e. The number of methoxy groups -OCH3 is 1. The Morgan fingerprint density at radius 3 is 2.35 bits per heavy atom. The lowest BCUT2D eigenvalue weighted by Crippen LogP contribution is -2.40. The molecule has 0 aliphatic rings. The van der Waals surface area contributed by atoms with E-state index in [1.54, 1.807) is 33.8 Å². The third-order valence-electron chi connectivity index (χ3n) is 2.54. The minimum atomic E-state index is -3.75. The van der Waals surface area contributed by atoms with Crippen LogP contribution in [0.25, 0.3) is 0 Å². The van der Waals surface area contributed by atoms with E-state index in [4.69, 9.17) is 4.74 Å². The number of carbonyl (C=O) groups excluding carboxylic acids is 1. The summed E-state index contributed by atoms with van der Waals surface area (Å²) < 4.78 is 32.4. The van der Waals surface area contributed by atoms with Gasteiger partial charge in [0.15, 0.2) is 5.78 Å². The first-order valence-electron chi connectivity index (χ1n) is 6.36. The molecule has 0 amide bonds. The number of benzene rings is 1. The monoisotopic (exact) mass is 299 g/mol. The summed E-state index contributed by atoms with van der Waals surface area (Å²) in [6.07, 6.45) is 0.318. The van der Waals surface area contributed by atoms with Gasteiger partial charge in [-0.15, -0.1) is 0 Å². The average Bonchev–Trinajstić information content (AvgIpc) is 2.34. The van der Waals surface area contributed by atoms with Crippen molar-refractivity contribution in [1.29, 1.82) is 0 Å². The van der Waals surface area contributed by atoms with E-state index in [0.717, 1.165) is 0 Å². The largest absolute Gasteiger partial charge is 0.495 e. The van der Waals surface area contributed by atoms with Gasteiger partial charge >= 0.3 is 0 Å². The van der Waals surface area contributed by atoms with E-state index in [-0.39, 0.29) is 16.4 Å². The first-order chi connectivity index (χ1) is 9.10. The average molecular weight is 299 g/mol. The van der Waals surface area contributed by atoms with E-state index in [9.17, 15) is 13.2 Å². The summed E-state index contributed by atoms with van der Waals surface area (Å²) in [6, 6.07) is 4.43. The predicted octanol–water partition coefficient (Wildman–Crippen LogP) is 2.36. The van der Waals surface area contributed by atoms with Crippen LogP contribution in [0.2, 0.25) is 0 Å². The van der Waals surface area contributed by atoms with Crippen molar-refractivity contribution in [1.82, 2.24) is 4.72 Å². The van der Waals surface area contributed by atoms with Gasteiger partial charge in [-0.3, -0.25) is 4.79 Å². The topological polar surface area (TPSA) is 72.5 Å². The van der Waals surface area contributed by atoms with E-state index < -0.39 is 15.6 Å². The molecule has 1 aromatic carbocycles. The molecule has 5 nitrogen and oxygen atoms in total. The summed E-state index contributed by atoms with van der Waals surface area (Å²) in [6.45, 7) is 6.97. The Balaban J connectivity index is 3.37. The first kappa shape index (κ1) is 16.7. The SMILES string of the molecule is CCC(=O)c1ccc(OC)c(S(=O)(=O)NC(C)(C)C)c1. The lowest BCUT2D eigenvalue weighted by molar-refractivity contribution is 0.0988. The zero-order valence-electron chi connectivity index (χ0n) is 12.5. The fourth-order valence-corrected chi connectivity index (χ4v) is 3.34. The number of hydrogen-bond acceptors (Lipinski definition) is 4. The highest BCUT2D eigenvalue weighted by Gasteiger charge is 2.26. The Morgan fingerprint density at radius 1 is 1.30 bits per heavy atom. The molecule has 0 fully saturated rings. The zero-order chi connectivity index (χ0) is 15.6. The van der Waals surface area contributed by atoms with Crippen LogP contribution >= 0.6 is 0 Å². The maximum absolute atomic E-state index is 12.4. The van der Waals surface area contributed by atoms with Crippen molar-refractivity contribution in [2.24, 2.45) is 0 Å². The van der Waals surface area contributed by atoms with Crippen molar-refractivity contribution in [3.63, 3.8) is 0 Å². The molecular weight excluding hydrogens is 278 g/mol. The second-order valence-electron chi connectivity index (χ2n) is 5.50. The van der Waals surface area contributed by atoms with Gasteiger partial charge in [-0.2, -0.15) is 0 Å². The Morgan fingerprint density at radius 2 is 1.90 bits per heavy atom. The normalized spacial score (nSPS) is 12.2. The lowest BCUT2D eigenvalue weighted by Gasteiger charge is -2.21. The molecule has 0 saturated carbocycles. The number of Topliss-reactive ketones (excluding diaryl/α,β-unsaturated/α-hetero) is 1. The highest BCUT2D eigenvalue weighted by atomic mass is 32.2. The van der Waals surface area contributed by atoms with Crippen LogP contribution in [0.1, 0.15) is 44.5 Å². The molecule has 20 heavy (non-hydrogen) atoms. The van der Waals surface area contributed by atoms with Crippen LogP contribution < -0.4 is 9.46 Å². The quantitative estimate of drug-likeness (QED) is 0.847. The standard InChI is InChI=1S/C14H21NO4S/c1-6-11(16)10-7-8-12(19-5)13(9-10)20(17,18)15-14(2,3)4/h7-9,15H,6H2,1-5H3. The molecule has 1 aromatic rings. The second kappa shape index (κ2) is 5.93. The number of ether oxygens (including phenoxy) is 1. The minimum absolute atomic E-state index is 0.0192. The van der Waals surface area contributed by atoms with Crippen LogP contribution in [0, 0.1) is 0 Å². The van der Waals surface area contributed by atoms with Crippen molar-refractivity contribution in [2.45, 2.75) is 44.6 Å². The Hall–Kier alpha value is -1.40. The summed E-state index contributed by atoms with van der Waals surface area (Å²) in [5.74, 6) is 0.106. The maximum Gasteiger partial charge on any atom is 0.244 e. The number of ketones is 1. The molecule has 0 aliphatic heterocycles. The second-order valence-corrected chi connectivity index (χ2v) is 7.15. The fraction of sp³-hybridized carbons (Fsp3) is 0.500. The molecule has 1 rings (SSSR count). The van der Waals surface area contributed by atoms with Crippen LogP contribution in [-0.4, -0.2) is 26.8 Å². The molecule has 0 atom stereocenters. The van der Waals surface area contributed by atoms with Crippen LogP contribution in [0.15, 0.2) is 23.1 Å². The molecule has 0 radical (unpaired) electrons. The summed E-state index contributed by atoms with van der Waals surface area (Å²) in [5, 5.41) is 0. The number of hydrogen-bond donors (Lipinski definition) is 1. The maximum atomic E-state index is 12.4. The molecule has 0 heterocycles. The van der Waals surface area contributed by atoms with Gasteiger partial charge in [0.2, 0.25) is 10.0 Å². The van der Waals surface area contributed by atoms with Gasteiger partial charge in [0.25, 0.3) is 0 Å².